The van der Waals surface area contributed by atoms with Crippen LogP contribution in [-0.2, 0) is 4.79 Å². The van der Waals surface area contributed by atoms with Crippen molar-refractivity contribution >= 4 is 11.8 Å². The highest BCUT2D eigenvalue weighted by atomic mass is 16.5. The van der Waals surface area contributed by atoms with Gasteiger partial charge in [-0.05, 0) is 26.2 Å². The number of hydrogen-bond acceptors (Lipinski definition) is 4. The van der Waals surface area contributed by atoms with Gasteiger partial charge >= 0.3 is 0 Å². The summed E-state index contributed by atoms with van der Waals surface area (Å²) in [5, 5.41) is 9.04. The van der Waals surface area contributed by atoms with Gasteiger partial charge in [-0.15, -0.1) is 0 Å². The minimum Gasteiger partial charge on any atom is -0.354 e. The molecule has 1 atom stereocenters. The quantitative estimate of drug-likeness (QED) is 0.779. The Bertz CT molecular complexity index is 427. The van der Waals surface area contributed by atoms with Crippen molar-refractivity contribution in [2.45, 2.75) is 32.2 Å². The third kappa shape index (κ3) is 2.83. The number of carbonyl (C=O) groups excluding carboxylic acids is 2. The normalized spacial score (nSPS) is 20.5. The fourth-order valence-corrected chi connectivity index (χ4v) is 1.78. The molecule has 1 aromatic rings. The monoisotopic (exact) mass is 237 g/mol. The third-order valence-electron chi connectivity index (χ3n) is 2.69. The minimum atomic E-state index is -0.476. The van der Waals surface area contributed by atoms with Crippen molar-refractivity contribution in [2.75, 3.05) is 6.54 Å². The number of nitrogens with zero attached hydrogens (tertiary/aromatic N) is 1. The zero-order chi connectivity index (χ0) is 12.3. The van der Waals surface area contributed by atoms with E-state index in [1.165, 1.54) is 0 Å². The molecule has 1 aliphatic heterocycles. The van der Waals surface area contributed by atoms with Crippen LogP contribution in [0, 0.1) is 6.92 Å². The van der Waals surface area contributed by atoms with E-state index in [4.69, 9.17) is 4.52 Å². The summed E-state index contributed by atoms with van der Waals surface area (Å²) in [6, 6.07) is 1.07. The molecule has 17 heavy (non-hydrogen) atoms. The Kier molecular flexibility index (Phi) is 3.41. The third-order valence-corrected chi connectivity index (χ3v) is 2.69. The van der Waals surface area contributed by atoms with Gasteiger partial charge in [0.05, 0.1) is 5.69 Å². The Morgan fingerprint density at radius 3 is 3.12 bits per heavy atom. The summed E-state index contributed by atoms with van der Waals surface area (Å²) < 4.78 is 4.84. The lowest BCUT2D eigenvalue weighted by Crippen LogP contribution is -2.45. The zero-order valence-electron chi connectivity index (χ0n) is 9.66. The molecule has 0 saturated carbocycles. The van der Waals surface area contributed by atoms with Crippen molar-refractivity contribution < 1.29 is 14.1 Å². The molecule has 0 aromatic carbocycles. The highest BCUT2D eigenvalue weighted by Crippen LogP contribution is 2.07. The maximum atomic E-state index is 11.8. The van der Waals surface area contributed by atoms with Crippen molar-refractivity contribution in [3.8, 4) is 0 Å². The Balaban J connectivity index is 1.99. The van der Waals surface area contributed by atoms with Crippen molar-refractivity contribution in [3.63, 3.8) is 0 Å². The molecule has 6 heteroatoms. The van der Waals surface area contributed by atoms with E-state index in [9.17, 15) is 9.59 Å². The number of aryl methyl sites for hydroxylation is 1. The largest absolute Gasteiger partial charge is 0.354 e. The smallest absolute Gasteiger partial charge is 0.290 e. The van der Waals surface area contributed by atoms with Gasteiger partial charge in [-0.25, -0.2) is 0 Å². The van der Waals surface area contributed by atoms with E-state index in [2.05, 4.69) is 15.8 Å². The molecule has 2 amide bonds. The molecule has 0 spiro atoms. The standard InChI is InChI=1S/C11H15N3O3/c1-7-6-9(17-14-7)11(16)13-8-4-2-3-5-12-10(8)15/h6,8H,2-5H2,1H3,(H,12,15)(H,13,16)/t8-/m0/s1. The van der Waals surface area contributed by atoms with Crippen LogP contribution in [0.15, 0.2) is 10.6 Å². The van der Waals surface area contributed by atoms with E-state index >= 15 is 0 Å². The highest BCUT2D eigenvalue weighted by molar-refractivity contribution is 5.95. The molecule has 2 heterocycles. The lowest BCUT2D eigenvalue weighted by atomic mass is 10.1. The first-order chi connectivity index (χ1) is 8.16. The van der Waals surface area contributed by atoms with E-state index in [-0.39, 0.29) is 11.7 Å². The summed E-state index contributed by atoms with van der Waals surface area (Å²) >= 11 is 0. The molecule has 6 nitrogen and oxygen atoms in total. The zero-order valence-corrected chi connectivity index (χ0v) is 9.66. The van der Waals surface area contributed by atoms with Gasteiger partial charge in [-0.1, -0.05) is 5.16 Å². The Hall–Kier alpha value is -1.85. The fourth-order valence-electron chi connectivity index (χ4n) is 1.78. The van der Waals surface area contributed by atoms with Crippen molar-refractivity contribution in [1.82, 2.24) is 15.8 Å². The van der Waals surface area contributed by atoms with E-state index in [1.54, 1.807) is 13.0 Å². The number of rotatable bonds is 2. The van der Waals surface area contributed by atoms with Crippen LogP contribution < -0.4 is 10.6 Å². The van der Waals surface area contributed by atoms with Gasteiger partial charge in [0.1, 0.15) is 6.04 Å². The summed E-state index contributed by atoms with van der Waals surface area (Å²) in [5.41, 5.74) is 0.639. The average molecular weight is 237 g/mol. The second kappa shape index (κ2) is 4.99. The lowest BCUT2D eigenvalue weighted by molar-refractivity contribution is -0.122. The Labute approximate surface area is 98.7 Å². The summed E-state index contributed by atoms with van der Waals surface area (Å²) in [7, 11) is 0. The number of aromatic nitrogens is 1. The molecule has 92 valence electrons. The molecule has 2 rings (SSSR count). The van der Waals surface area contributed by atoms with Crippen molar-refractivity contribution in [1.29, 1.82) is 0 Å². The Morgan fingerprint density at radius 2 is 2.41 bits per heavy atom. The molecular weight excluding hydrogens is 222 g/mol. The topological polar surface area (TPSA) is 84.2 Å². The molecule has 0 aliphatic carbocycles. The predicted molar refractivity (Wildman–Crippen MR) is 59.4 cm³/mol. The molecule has 1 aliphatic rings. The average Bonchev–Trinajstić information content (AvgIpc) is 2.63. The van der Waals surface area contributed by atoms with E-state index in [0.29, 0.717) is 18.7 Å². The second-order valence-corrected chi connectivity index (χ2v) is 4.15. The van der Waals surface area contributed by atoms with Gasteiger partial charge in [0.2, 0.25) is 11.7 Å². The molecule has 0 bridgehead atoms. The van der Waals surface area contributed by atoms with E-state index < -0.39 is 11.9 Å². The molecule has 0 radical (unpaired) electrons. The summed E-state index contributed by atoms with van der Waals surface area (Å²) in [4.78, 5) is 23.4. The van der Waals surface area contributed by atoms with E-state index in [1.807, 2.05) is 0 Å². The van der Waals surface area contributed by atoms with Crippen LogP contribution in [0.25, 0.3) is 0 Å². The van der Waals surface area contributed by atoms with Gasteiger partial charge in [0.15, 0.2) is 0 Å². The van der Waals surface area contributed by atoms with Crippen LogP contribution in [0.1, 0.15) is 35.5 Å². The first-order valence-corrected chi connectivity index (χ1v) is 5.69. The van der Waals surface area contributed by atoms with Gasteiger partial charge < -0.3 is 15.2 Å². The van der Waals surface area contributed by atoms with Crippen LogP contribution in [0.3, 0.4) is 0 Å². The predicted octanol–water partition coefficient (Wildman–Crippen LogP) is 0.382. The summed E-state index contributed by atoms with van der Waals surface area (Å²) in [6.07, 6.45) is 2.52. The van der Waals surface area contributed by atoms with Crippen LogP contribution in [0.2, 0.25) is 0 Å². The fraction of sp³-hybridized carbons (Fsp3) is 0.545. The van der Waals surface area contributed by atoms with Crippen LogP contribution in [0.4, 0.5) is 0 Å². The van der Waals surface area contributed by atoms with Gasteiger partial charge in [-0.3, -0.25) is 9.59 Å². The first-order valence-electron chi connectivity index (χ1n) is 5.69. The molecule has 1 aromatic heterocycles. The van der Waals surface area contributed by atoms with Gasteiger partial charge in [0, 0.05) is 12.6 Å². The maximum absolute atomic E-state index is 11.8. The SMILES string of the molecule is Cc1cc(C(=O)N[C@H]2CCCCNC2=O)on1. The van der Waals surface area contributed by atoms with Crippen molar-refractivity contribution in [2.24, 2.45) is 0 Å². The lowest BCUT2D eigenvalue weighted by Gasteiger charge is -2.13. The highest BCUT2D eigenvalue weighted by Gasteiger charge is 2.24. The van der Waals surface area contributed by atoms with Crippen LogP contribution in [-0.4, -0.2) is 29.6 Å². The minimum absolute atomic E-state index is 0.132. The maximum Gasteiger partial charge on any atom is 0.290 e. The second-order valence-electron chi connectivity index (χ2n) is 4.15. The van der Waals surface area contributed by atoms with Crippen LogP contribution in [0.5, 0.6) is 0 Å². The molecular formula is C11H15N3O3. The van der Waals surface area contributed by atoms with Gasteiger partial charge in [0.25, 0.3) is 5.91 Å². The van der Waals surface area contributed by atoms with Crippen LogP contribution >= 0.6 is 0 Å². The number of nitrogens with one attached hydrogen (secondary N) is 2. The summed E-state index contributed by atoms with van der Waals surface area (Å²) in [6.45, 7) is 2.41. The summed E-state index contributed by atoms with van der Waals surface area (Å²) in [5.74, 6) is -0.390. The molecule has 0 unspecified atom stereocenters. The number of amides is 2. The van der Waals surface area contributed by atoms with Gasteiger partial charge in [-0.2, -0.15) is 0 Å². The first kappa shape index (κ1) is 11.6. The van der Waals surface area contributed by atoms with Crippen molar-refractivity contribution in [3.05, 3.63) is 17.5 Å². The molecule has 1 fully saturated rings. The Morgan fingerprint density at radius 1 is 1.59 bits per heavy atom. The molecule has 1 saturated heterocycles. The number of carbonyl (C=O) groups is 2. The number of hydrogen-bond donors (Lipinski definition) is 2. The van der Waals surface area contributed by atoms with E-state index in [0.717, 1.165) is 12.8 Å². The molecule has 2 N–H and O–H groups in total.